The molecule has 0 bridgehead atoms. The van der Waals surface area contributed by atoms with Crippen LogP contribution in [0.25, 0.3) is 5.65 Å². The number of rotatable bonds is 5. The highest BCUT2D eigenvalue weighted by Gasteiger charge is 2.09. The fraction of sp³-hybridized carbons (Fsp3) is 0.222. The van der Waals surface area contributed by atoms with Crippen molar-refractivity contribution in [2.24, 2.45) is 10.2 Å². The van der Waals surface area contributed by atoms with E-state index in [4.69, 9.17) is 4.74 Å². The van der Waals surface area contributed by atoms with Gasteiger partial charge in [-0.25, -0.2) is 14.2 Å². The summed E-state index contributed by atoms with van der Waals surface area (Å²) in [7, 11) is 0. The molecular weight excluding hydrogens is 323 g/mol. The molecule has 0 N–H and O–H groups in total. The molecule has 7 heteroatoms. The minimum atomic E-state index is -0.378. The monoisotopic (exact) mass is 340 g/mol. The van der Waals surface area contributed by atoms with Gasteiger partial charge in [0.05, 0.1) is 23.6 Å². The van der Waals surface area contributed by atoms with Gasteiger partial charge in [0.15, 0.2) is 5.82 Å². The molecule has 2 aromatic heterocycles. The smallest absolute Gasteiger partial charge is 0.338 e. The van der Waals surface area contributed by atoms with E-state index in [2.05, 4.69) is 15.2 Å². The number of hydrogen-bond donors (Lipinski definition) is 0. The van der Waals surface area contributed by atoms with Crippen LogP contribution in [0, 0.1) is 12.7 Å². The zero-order chi connectivity index (χ0) is 17.8. The van der Waals surface area contributed by atoms with Gasteiger partial charge in [-0.05, 0) is 49.7 Å². The molecule has 0 spiro atoms. The molecule has 0 fully saturated rings. The number of aromatic nitrogens is 2. The number of carbonyl (C=O) groups is 1. The third-order valence-electron chi connectivity index (χ3n) is 3.53. The number of imidazole rings is 1. The van der Waals surface area contributed by atoms with E-state index in [1.807, 2.05) is 6.92 Å². The summed E-state index contributed by atoms with van der Waals surface area (Å²) in [6.45, 7) is 4.11. The molecule has 0 amide bonds. The quantitative estimate of drug-likeness (QED) is 0.496. The first-order valence-electron chi connectivity index (χ1n) is 7.91. The van der Waals surface area contributed by atoms with Gasteiger partial charge < -0.3 is 4.74 Å². The molecular formula is C18H17FN4O2. The number of fused-ring (bicyclic) bond motifs is 1. The highest BCUT2D eigenvalue weighted by Crippen LogP contribution is 2.24. The summed E-state index contributed by atoms with van der Waals surface area (Å²) in [5.74, 6) is -0.282. The Labute approximate surface area is 144 Å². The van der Waals surface area contributed by atoms with Gasteiger partial charge in [0.25, 0.3) is 0 Å². The van der Waals surface area contributed by atoms with Gasteiger partial charge in [0.2, 0.25) is 0 Å². The van der Waals surface area contributed by atoms with E-state index < -0.39 is 0 Å². The summed E-state index contributed by atoms with van der Waals surface area (Å²) < 4.78 is 20.1. The molecule has 0 radical (unpaired) electrons. The normalized spacial score (nSPS) is 11.3. The summed E-state index contributed by atoms with van der Waals surface area (Å²) in [5.41, 5.74) is 2.27. The van der Waals surface area contributed by atoms with Crippen molar-refractivity contribution in [3.63, 3.8) is 0 Å². The number of hydrogen-bond acceptors (Lipinski definition) is 5. The van der Waals surface area contributed by atoms with Crippen LogP contribution in [-0.4, -0.2) is 22.0 Å². The van der Waals surface area contributed by atoms with E-state index in [9.17, 15) is 9.18 Å². The van der Waals surface area contributed by atoms with Crippen LogP contribution in [-0.2, 0) is 4.74 Å². The molecule has 0 aliphatic carbocycles. The zero-order valence-electron chi connectivity index (χ0n) is 13.9. The topological polar surface area (TPSA) is 68.3 Å². The Morgan fingerprint density at radius 2 is 1.96 bits per heavy atom. The lowest BCUT2D eigenvalue weighted by molar-refractivity contribution is 0.0505. The minimum Gasteiger partial charge on any atom is -0.462 e. The summed E-state index contributed by atoms with van der Waals surface area (Å²) in [5, 5.41) is 8.31. The van der Waals surface area contributed by atoms with Crippen molar-refractivity contribution in [3.05, 3.63) is 59.7 Å². The van der Waals surface area contributed by atoms with Gasteiger partial charge in [0, 0.05) is 6.20 Å². The Bertz CT molecular complexity index is 932. The maximum Gasteiger partial charge on any atom is 0.338 e. The first-order chi connectivity index (χ1) is 12.1. The Morgan fingerprint density at radius 3 is 2.68 bits per heavy atom. The standard InChI is InChI=1S/C18H17FN4O2/c1-3-10-25-18(24)13-4-7-15(8-5-13)21-22-17-12(2)20-16-9-6-14(19)11-23(16)17/h4-9,11H,3,10H2,1-2H3. The highest BCUT2D eigenvalue weighted by atomic mass is 19.1. The largest absolute Gasteiger partial charge is 0.462 e. The predicted molar refractivity (Wildman–Crippen MR) is 91.1 cm³/mol. The summed E-state index contributed by atoms with van der Waals surface area (Å²) in [4.78, 5) is 16.1. The molecule has 3 rings (SSSR count). The van der Waals surface area contributed by atoms with Crippen molar-refractivity contribution in [1.29, 1.82) is 0 Å². The number of nitrogens with zero attached hydrogens (tertiary/aromatic N) is 4. The SMILES string of the molecule is CCCOC(=O)c1ccc(N=Nc2c(C)nc3ccc(F)cn23)cc1. The fourth-order valence-corrected chi connectivity index (χ4v) is 2.29. The summed E-state index contributed by atoms with van der Waals surface area (Å²) in [6, 6.07) is 9.54. The van der Waals surface area contributed by atoms with Gasteiger partial charge in [-0.3, -0.25) is 4.40 Å². The van der Waals surface area contributed by atoms with E-state index in [1.165, 1.54) is 12.3 Å². The van der Waals surface area contributed by atoms with Crippen LogP contribution in [0.15, 0.2) is 52.8 Å². The lowest BCUT2D eigenvalue weighted by Gasteiger charge is -2.02. The molecule has 25 heavy (non-hydrogen) atoms. The minimum absolute atomic E-state index is 0.363. The van der Waals surface area contributed by atoms with Crippen molar-refractivity contribution in [2.75, 3.05) is 6.61 Å². The molecule has 6 nitrogen and oxygen atoms in total. The van der Waals surface area contributed by atoms with Crippen molar-refractivity contribution in [2.45, 2.75) is 20.3 Å². The van der Waals surface area contributed by atoms with E-state index >= 15 is 0 Å². The number of carbonyl (C=O) groups excluding carboxylic acids is 1. The molecule has 2 heterocycles. The average Bonchev–Trinajstić information content (AvgIpc) is 2.93. The van der Waals surface area contributed by atoms with Crippen LogP contribution in [0.2, 0.25) is 0 Å². The lowest BCUT2D eigenvalue weighted by atomic mass is 10.2. The van der Waals surface area contributed by atoms with Crippen molar-refractivity contribution >= 4 is 23.1 Å². The molecule has 0 atom stereocenters. The number of halogens is 1. The van der Waals surface area contributed by atoms with Gasteiger partial charge in [-0.2, -0.15) is 0 Å². The first kappa shape index (κ1) is 16.8. The second kappa shape index (κ2) is 7.21. The first-order valence-corrected chi connectivity index (χ1v) is 7.91. The van der Waals surface area contributed by atoms with E-state index in [0.717, 1.165) is 6.42 Å². The fourth-order valence-electron chi connectivity index (χ4n) is 2.29. The third-order valence-corrected chi connectivity index (χ3v) is 3.53. The van der Waals surface area contributed by atoms with Crippen LogP contribution >= 0.6 is 0 Å². The Hall–Kier alpha value is -3.09. The summed E-state index contributed by atoms with van der Waals surface area (Å²) in [6.07, 6.45) is 2.09. The average molecular weight is 340 g/mol. The molecule has 0 unspecified atom stereocenters. The molecule has 0 aliphatic rings. The second-order valence-electron chi connectivity index (χ2n) is 5.48. The zero-order valence-corrected chi connectivity index (χ0v) is 13.9. The number of aryl methyl sites for hydroxylation is 1. The summed E-state index contributed by atoms with van der Waals surface area (Å²) >= 11 is 0. The number of ether oxygens (including phenoxy) is 1. The van der Waals surface area contributed by atoms with Crippen LogP contribution < -0.4 is 0 Å². The van der Waals surface area contributed by atoms with E-state index in [1.54, 1.807) is 41.7 Å². The molecule has 128 valence electrons. The number of azo groups is 1. The Morgan fingerprint density at radius 1 is 1.20 bits per heavy atom. The van der Waals surface area contributed by atoms with Crippen LogP contribution in [0.4, 0.5) is 15.9 Å². The molecule has 0 aliphatic heterocycles. The van der Waals surface area contributed by atoms with Crippen molar-refractivity contribution < 1.29 is 13.9 Å². The number of pyridine rings is 1. The van der Waals surface area contributed by atoms with Crippen LogP contribution in [0.1, 0.15) is 29.4 Å². The maximum absolute atomic E-state index is 13.4. The molecule has 0 saturated carbocycles. The van der Waals surface area contributed by atoms with E-state index in [-0.39, 0.29) is 11.8 Å². The molecule has 1 aromatic carbocycles. The Kier molecular flexibility index (Phi) is 4.83. The third kappa shape index (κ3) is 3.71. The number of esters is 1. The molecule has 0 saturated heterocycles. The maximum atomic E-state index is 13.4. The van der Waals surface area contributed by atoms with Gasteiger partial charge in [0.1, 0.15) is 11.5 Å². The predicted octanol–water partition coefficient (Wildman–Crippen LogP) is 4.76. The highest BCUT2D eigenvalue weighted by molar-refractivity contribution is 5.89. The molecule has 3 aromatic rings. The van der Waals surface area contributed by atoms with Crippen molar-refractivity contribution in [3.8, 4) is 0 Å². The Balaban J connectivity index is 1.82. The van der Waals surface area contributed by atoms with Crippen LogP contribution in [0.3, 0.4) is 0 Å². The number of benzene rings is 1. The van der Waals surface area contributed by atoms with Crippen LogP contribution in [0.5, 0.6) is 0 Å². The van der Waals surface area contributed by atoms with Crippen molar-refractivity contribution in [1.82, 2.24) is 9.38 Å². The lowest BCUT2D eigenvalue weighted by Crippen LogP contribution is -2.05. The van der Waals surface area contributed by atoms with Gasteiger partial charge in [-0.1, -0.05) is 6.92 Å². The van der Waals surface area contributed by atoms with E-state index in [0.29, 0.717) is 35.0 Å². The van der Waals surface area contributed by atoms with Gasteiger partial charge >= 0.3 is 5.97 Å². The second-order valence-corrected chi connectivity index (χ2v) is 5.48. The van der Waals surface area contributed by atoms with Gasteiger partial charge in [-0.15, -0.1) is 10.2 Å².